The van der Waals surface area contributed by atoms with Gasteiger partial charge < -0.3 is 20.3 Å². The monoisotopic (exact) mass is 521 g/mol. The summed E-state index contributed by atoms with van der Waals surface area (Å²) in [6, 6.07) is 7.70. The molecule has 0 unspecified atom stereocenters. The topological polar surface area (TPSA) is 112 Å². The molecule has 1 fully saturated rings. The molecule has 0 bridgehead atoms. The summed E-state index contributed by atoms with van der Waals surface area (Å²) in [6.07, 6.45) is 4.27. The lowest BCUT2D eigenvalue weighted by molar-refractivity contribution is 0.229. The van der Waals surface area contributed by atoms with Crippen LogP contribution < -0.4 is 10.9 Å². The van der Waals surface area contributed by atoms with Crippen LogP contribution in [0.4, 0.5) is 5.69 Å². The van der Waals surface area contributed by atoms with Crippen LogP contribution >= 0.6 is 11.6 Å². The summed E-state index contributed by atoms with van der Waals surface area (Å²) in [5, 5.41) is 18.8. The van der Waals surface area contributed by atoms with Gasteiger partial charge in [0.05, 0.1) is 39.6 Å². The Hall–Kier alpha value is -3.27. The number of aryl methyl sites for hydroxylation is 1. The van der Waals surface area contributed by atoms with Gasteiger partial charge in [0.1, 0.15) is 5.82 Å². The van der Waals surface area contributed by atoms with E-state index in [0.717, 1.165) is 60.7 Å². The number of hydrogen-bond donors (Lipinski definition) is 3. The number of aliphatic hydroxyl groups excluding tert-OH is 1. The predicted octanol–water partition coefficient (Wildman–Crippen LogP) is 3.75. The minimum Gasteiger partial charge on any atom is -0.390 e. The van der Waals surface area contributed by atoms with Crippen molar-refractivity contribution in [2.75, 3.05) is 25.0 Å². The number of anilines is 1. The van der Waals surface area contributed by atoms with Crippen LogP contribution in [0.1, 0.15) is 48.1 Å². The Balaban J connectivity index is 1.37. The highest BCUT2D eigenvalue weighted by molar-refractivity contribution is 6.34. The molecule has 194 valence electrons. The van der Waals surface area contributed by atoms with Crippen LogP contribution in [-0.4, -0.2) is 60.4 Å². The molecule has 0 atom stereocenters. The number of rotatable bonds is 7. The SMILES string of the molecule is CCN1CCC(Nc2cc3nc(Cc4ccc(-n5nc(C)c(C)c5CO)nc4)[nH]c(=O)c3cc2Cl)CC1. The smallest absolute Gasteiger partial charge is 0.258 e. The normalized spacial score (nSPS) is 14.9. The average Bonchev–Trinajstić information content (AvgIpc) is 3.19. The molecule has 0 saturated carbocycles. The number of nitrogens with zero attached hydrogens (tertiary/aromatic N) is 5. The Morgan fingerprint density at radius 3 is 2.68 bits per heavy atom. The molecule has 9 nitrogen and oxygen atoms in total. The van der Waals surface area contributed by atoms with E-state index in [1.165, 1.54) is 0 Å². The van der Waals surface area contributed by atoms with Crippen molar-refractivity contribution < 1.29 is 5.11 Å². The fourth-order valence-electron chi connectivity index (χ4n) is 4.88. The van der Waals surface area contributed by atoms with Gasteiger partial charge in [-0.05, 0) is 62.6 Å². The summed E-state index contributed by atoms with van der Waals surface area (Å²) >= 11 is 6.53. The zero-order valence-electron chi connectivity index (χ0n) is 21.4. The van der Waals surface area contributed by atoms with Crippen LogP contribution in [0.5, 0.6) is 0 Å². The van der Waals surface area contributed by atoms with E-state index in [9.17, 15) is 9.90 Å². The minimum atomic E-state index is -0.218. The molecule has 0 spiro atoms. The Morgan fingerprint density at radius 1 is 1.22 bits per heavy atom. The van der Waals surface area contributed by atoms with Crippen molar-refractivity contribution in [1.82, 2.24) is 29.6 Å². The molecule has 3 aromatic heterocycles. The van der Waals surface area contributed by atoms with Crippen molar-refractivity contribution >= 4 is 28.2 Å². The molecule has 0 aliphatic carbocycles. The first-order valence-electron chi connectivity index (χ1n) is 12.7. The summed E-state index contributed by atoms with van der Waals surface area (Å²) in [7, 11) is 0. The van der Waals surface area contributed by atoms with Gasteiger partial charge >= 0.3 is 0 Å². The van der Waals surface area contributed by atoms with Gasteiger partial charge in [0.25, 0.3) is 5.56 Å². The lowest BCUT2D eigenvalue weighted by atomic mass is 10.0. The third kappa shape index (κ3) is 5.25. The maximum Gasteiger partial charge on any atom is 0.258 e. The summed E-state index contributed by atoms with van der Waals surface area (Å²) in [5.74, 6) is 1.18. The van der Waals surface area contributed by atoms with Crippen LogP contribution in [0, 0.1) is 13.8 Å². The molecule has 5 rings (SSSR count). The molecule has 3 N–H and O–H groups in total. The summed E-state index contributed by atoms with van der Waals surface area (Å²) in [4.78, 5) is 27.4. The van der Waals surface area contributed by atoms with Gasteiger partial charge in [-0.2, -0.15) is 5.10 Å². The molecule has 37 heavy (non-hydrogen) atoms. The molecule has 0 amide bonds. The van der Waals surface area contributed by atoms with E-state index >= 15 is 0 Å². The fraction of sp³-hybridized carbons (Fsp3) is 0.407. The van der Waals surface area contributed by atoms with Crippen molar-refractivity contribution in [3.63, 3.8) is 0 Å². The third-order valence-corrected chi connectivity index (χ3v) is 7.58. The van der Waals surface area contributed by atoms with Crippen LogP contribution in [0.2, 0.25) is 5.02 Å². The number of aliphatic hydroxyl groups is 1. The van der Waals surface area contributed by atoms with Crippen LogP contribution in [0.25, 0.3) is 16.7 Å². The number of likely N-dealkylation sites (tertiary alicyclic amines) is 1. The Labute approximate surface area is 220 Å². The van der Waals surface area contributed by atoms with Crippen molar-refractivity contribution in [2.24, 2.45) is 0 Å². The predicted molar refractivity (Wildman–Crippen MR) is 146 cm³/mol. The highest BCUT2D eigenvalue weighted by Gasteiger charge is 2.19. The first kappa shape index (κ1) is 25.4. The Morgan fingerprint density at radius 2 is 2.00 bits per heavy atom. The van der Waals surface area contributed by atoms with Crippen molar-refractivity contribution in [3.8, 4) is 5.82 Å². The van der Waals surface area contributed by atoms with Crippen molar-refractivity contribution in [1.29, 1.82) is 0 Å². The van der Waals surface area contributed by atoms with Crippen molar-refractivity contribution in [2.45, 2.75) is 52.7 Å². The van der Waals surface area contributed by atoms with Gasteiger partial charge in [0.2, 0.25) is 0 Å². The second kappa shape index (κ2) is 10.6. The van der Waals surface area contributed by atoms with E-state index in [4.69, 9.17) is 16.6 Å². The molecule has 1 aromatic carbocycles. The van der Waals surface area contributed by atoms with Crippen LogP contribution in [0.3, 0.4) is 0 Å². The summed E-state index contributed by atoms with van der Waals surface area (Å²) in [5.41, 5.74) is 4.62. The quantitative estimate of drug-likeness (QED) is 0.339. The van der Waals surface area contributed by atoms with E-state index in [1.807, 2.05) is 32.0 Å². The molecule has 1 saturated heterocycles. The van der Waals surface area contributed by atoms with Gasteiger partial charge in [0.15, 0.2) is 5.82 Å². The highest BCUT2D eigenvalue weighted by Crippen LogP contribution is 2.28. The van der Waals surface area contributed by atoms with E-state index < -0.39 is 0 Å². The molecular weight excluding hydrogens is 490 g/mol. The Bertz CT molecular complexity index is 1470. The molecule has 1 aliphatic rings. The maximum absolute atomic E-state index is 12.8. The maximum atomic E-state index is 12.8. The minimum absolute atomic E-state index is 0.114. The largest absolute Gasteiger partial charge is 0.390 e. The molecule has 4 heterocycles. The van der Waals surface area contributed by atoms with E-state index in [-0.39, 0.29) is 12.2 Å². The van der Waals surface area contributed by atoms with Gasteiger partial charge in [-0.15, -0.1) is 0 Å². The Kier molecular flexibility index (Phi) is 7.28. The van der Waals surface area contributed by atoms with E-state index in [2.05, 4.69) is 32.2 Å². The number of H-pyrrole nitrogens is 1. The van der Waals surface area contributed by atoms with E-state index in [0.29, 0.717) is 40.0 Å². The summed E-state index contributed by atoms with van der Waals surface area (Å²) in [6.45, 7) is 9.12. The zero-order valence-corrected chi connectivity index (χ0v) is 22.1. The number of pyridine rings is 1. The van der Waals surface area contributed by atoms with Crippen LogP contribution in [0.15, 0.2) is 35.3 Å². The summed E-state index contributed by atoms with van der Waals surface area (Å²) < 4.78 is 1.66. The highest BCUT2D eigenvalue weighted by atomic mass is 35.5. The number of benzene rings is 1. The second-order valence-corrected chi connectivity index (χ2v) is 10.1. The number of nitrogens with one attached hydrogen (secondary N) is 2. The first-order chi connectivity index (χ1) is 17.9. The average molecular weight is 522 g/mol. The van der Waals surface area contributed by atoms with Gasteiger partial charge in [-0.25, -0.2) is 14.6 Å². The molecule has 10 heteroatoms. The van der Waals surface area contributed by atoms with Gasteiger partial charge in [-0.3, -0.25) is 4.79 Å². The fourth-order valence-corrected chi connectivity index (χ4v) is 5.10. The molecule has 4 aromatic rings. The lowest BCUT2D eigenvalue weighted by Crippen LogP contribution is -2.38. The number of aromatic amines is 1. The molecule has 0 radical (unpaired) electrons. The third-order valence-electron chi connectivity index (χ3n) is 7.27. The van der Waals surface area contributed by atoms with Crippen LogP contribution in [-0.2, 0) is 13.0 Å². The zero-order chi connectivity index (χ0) is 26.1. The van der Waals surface area contributed by atoms with E-state index in [1.54, 1.807) is 16.9 Å². The number of halogens is 1. The first-order valence-corrected chi connectivity index (χ1v) is 13.1. The van der Waals surface area contributed by atoms with Gasteiger partial charge in [-0.1, -0.05) is 24.6 Å². The molecular formula is C27H32ClN7O2. The standard InChI is InChI=1S/C27H32ClN7O2/c1-4-34-9-7-19(8-10-34)30-23-13-22-20(12-21(23)28)27(37)32-25(31-22)11-18-5-6-26(29-14-18)35-24(15-36)16(2)17(3)33-35/h5-6,12-14,19,30,36H,4,7-11,15H2,1-3H3,(H,31,32,37). The lowest BCUT2D eigenvalue weighted by Gasteiger charge is -2.32. The van der Waals surface area contributed by atoms with Gasteiger partial charge in [0, 0.05) is 31.7 Å². The second-order valence-electron chi connectivity index (χ2n) is 9.64. The van der Waals surface area contributed by atoms with Crippen molar-refractivity contribution in [3.05, 3.63) is 74.2 Å². The number of piperidine rings is 1. The number of fused-ring (bicyclic) bond motifs is 1. The number of aromatic nitrogens is 5. The number of hydrogen-bond acceptors (Lipinski definition) is 7. The molecule has 1 aliphatic heterocycles.